The SMILES string of the molecule is CC(C)CCN(Cc1sccc1C#CCO)C1CCCC1. The molecule has 0 aliphatic heterocycles. The van der Waals surface area contributed by atoms with Crippen LogP contribution in [0, 0.1) is 17.8 Å². The van der Waals surface area contributed by atoms with E-state index < -0.39 is 0 Å². The van der Waals surface area contributed by atoms with Crippen LogP contribution in [0.3, 0.4) is 0 Å². The summed E-state index contributed by atoms with van der Waals surface area (Å²) in [4.78, 5) is 4.02. The molecule has 1 aromatic rings. The molecule has 0 saturated heterocycles. The van der Waals surface area contributed by atoms with Crippen molar-refractivity contribution in [2.75, 3.05) is 13.2 Å². The van der Waals surface area contributed by atoms with Gasteiger partial charge >= 0.3 is 0 Å². The van der Waals surface area contributed by atoms with Crippen molar-refractivity contribution < 1.29 is 5.11 Å². The Morgan fingerprint density at radius 3 is 2.81 bits per heavy atom. The summed E-state index contributed by atoms with van der Waals surface area (Å²) in [6.45, 7) is 6.75. The Labute approximate surface area is 133 Å². The normalized spacial score (nSPS) is 15.7. The van der Waals surface area contributed by atoms with Gasteiger partial charge in [0.1, 0.15) is 6.61 Å². The van der Waals surface area contributed by atoms with Crippen LogP contribution in [0.25, 0.3) is 0 Å². The van der Waals surface area contributed by atoms with E-state index in [1.165, 1.54) is 43.5 Å². The highest BCUT2D eigenvalue weighted by atomic mass is 32.1. The molecule has 21 heavy (non-hydrogen) atoms. The fourth-order valence-electron chi connectivity index (χ4n) is 2.98. The lowest BCUT2D eigenvalue weighted by Gasteiger charge is -2.29. The molecule has 0 bridgehead atoms. The summed E-state index contributed by atoms with van der Waals surface area (Å²) in [5.41, 5.74) is 1.10. The van der Waals surface area contributed by atoms with E-state index in [1.54, 1.807) is 11.3 Å². The Morgan fingerprint density at radius 1 is 1.38 bits per heavy atom. The first-order chi connectivity index (χ1) is 10.2. The lowest BCUT2D eigenvalue weighted by molar-refractivity contribution is 0.181. The molecule has 0 spiro atoms. The van der Waals surface area contributed by atoms with Crippen molar-refractivity contribution in [2.45, 2.75) is 58.5 Å². The first-order valence-electron chi connectivity index (χ1n) is 8.11. The maximum Gasteiger partial charge on any atom is 0.104 e. The highest BCUT2D eigenvalue weighted by molar-refractivity contribution is 7.10. The van der Waals surface area contributed by atoms with Crippen molar-refractivity contribution in [2.24, 2.45) is 5.92 Å². The number of aliphatic hydroxyl groups excluding tert-OH is 1. The van der Waals surface area contributed by atoms with Gasteiger partial charge in [0.2, 0.25) is 0 Å². The molecule has 0 aromatic carbocycles. The first-order valence-corrected chi connectivity index (χ1v) is 8.98. The van der Waals surface area contributed by atoms with Gasteiger partial charge in [-0.3, -0.25) is 4.90 Å². The Hall–Kier alpha value is -0.820. The van der Waals surface area contributed by atoms with Gasteiger partial charge in [-0.2, -0.15) is 0 Å². The van der Waals surface area contributed by atoms with E-state index in [4.69, 9.17) is 5.11 Å². The zero-order valence-electron chi connectivity index (χ0n) is 13.3. The molecule has 1 saturated carbocycles. The quantitative estimate of drug-likeness (QED) is 0.806. The maximum atomic E-state index is 8.88. The summed E-state index contributed by atoms with van der Waals surface area (Å²) in [7, 11) is 0. The molecule has 1 aliphatic carbocycles. The van der Waals surface area contributed by atoms with Crippen molar-refractivity contribution in [3.63, 3.8) is 0 Å². The van der Waals surface area contributed by atoms with Crippen molar-refractivity contribution in [3.8, 4) is 11.8 Å². The standard InChI is InChI=1S/C18H27NOS/c1-15(2)9-11-19(17-7-3-4-8-17)14-18-16(6-5-12-20)10-13-21-18/h10,13,15,17,20H,3-4,7-9,11-12,14H2,1-2H3. The second-order valence-electron chi connectivity index (χ2n) is 6.31. The van der Waals surface area contributed by atoms with Crippen LogP contribution in [-0.4, -0.2) is 29.2 Å². The lowest BCUT2D eigenvalue weighted by atomic mass is 10.1. The van der Waals surface area contributed by atoms with E-state index in [-0.39, 0.29) is 6.61 Å². The molecule has 116 valence electrons. The summed E-state index contributed by atoms with van der Waals surface area (Å²) in [5.74, 6) is 6.62. The highest BCUT2D eigenvalue weighted by Crippen LogP contribution is 2.27. The molecule has 1 heterocycles. The summed E-state index contributed by atoms with van der Waals surface area (Å²) < 4.78 is 0. The Bertz CT molecular complexity index is 477. The van der Waals surface area contributed by atoms with E-state index in [9.17, 15) is 0 Å². The highest BCUT2D eigenvalue weighted by Gasteiger charge is 2.23. The van der Waals surface area contributed by atoms with Crippen molar-refractivity contribution >= 4 is 11.3 Å². The first kappa shape index (κ1) is 16.5. The number of aliphatic hydroxyl groups is 1. The molecule has 1 aliphatic rings. The molecule has 1 fully saturated rings. The fourth-order valence-corrected chi connectivity index (χ4v) is 3.83. The average molecular weight is 305 g/mol. The molecule has 2 rings (SSSR count). The Kier molecular flexibility index (Phi) is 6.76. The van der Waals surface area contributed by atoms with E-state index in [1.807, 2.05) is 0 Å². The fraction of sp³-hybridized carbons (Fsp3) is 0.667. The van der Waals surface area contributed by atoms with Gasteiger partial charge in [-0.05, 0) is 43.2 Å². The second kappa shape index (κ2) is 8.58. The number of hydrogen-bond acceptors (Lipinski definition) is 3. The molecule has 1 aromatic heterocycles. The Morgan fingerprint density at radius 2 is 2.14 bits per heavy atom. The van der Waals surface area contributed by atoms with Crippen LogP contribution in [0.4, 0.5) is 0 Å². The molecule has 1 N–H and O–H groups in total. The van der Waals surface area contributed by atoms with Crippen LogP contribution >= 0.6 is 11.3 Å². The number of hydrogen-bond donors (Lipinski definition) is 1. The minimum Gasteiger partial charge on any atom is -0.384 e. The minimum atomic E-state index is -0.0605. The maximum absolute atomic E-state index is 8.88. The average Bonchev–Trinajstić information content (AvgIpc) is 3.12. The van der Waals surface area contributed by atoms with Gasteiger partial charge in [0, 0.05) is 23.0 Å². The molecule has 0 unspecified atom stereocenters. The topological polar surface area (TPSA) is 23.5 Å². The van der Waals surface area contributed by atoms with Crippen LogP contribution in [0.5, 0.6) is 0 Å². The van der Waals surface area contributed by atoms with Gasteiger partial charge in [0.05, 0.1) is 0 Å². The third kappa shape index (κ3) is 5.14. The molecule has 0 amide bonds. The molecule has 2 nitrogen and oxygen atoms in total. The third-order valence-electron chi connectivity index (χ3n) is 4.23. The van der Waals surface area contributed by atoms with Crippen LogP contribution in [0.2, 0.25) is 0 Å². The molecule has 0 atom stereocenters. The van der Waals surface area contributed by atoms with E-state index in [2.05, 4.69) is 42.0 Å². The zero-order chi connectivity index (χ0) is 15.1. The van der Waals surface area contributed by atoms with E-state index in [0.29, 0.717) is 0 Å². The van der Waals surface area contributed by atoms with Gasteiger partial charge in [0.25, 0.3) is 0 Å². The largest absolute Gasteiger partial charge is 0.384 e. The van der Waals surface area contributed by atoms with Crippen molar-refractivity contribution in [1.82, 2.24) is 4.90 Å². The summed E-state index contributed by atoms with van der Waals surface area (Å²) in [5, 5.41) is 11.0. The summed E-state index contributed by atoms with van der Waals surface area (Å²) >= 11 is 1.80. The van der Waals surface area contributed by atoms with Crippen molar-refractivity contribution in [3.05, 3.63) is 21.9 Å². The van der Waals surface area contributed by atoms with E-state index in [0.717, 1.165) is 24.1 Å². The van der Waals surface area contributed by atoms with Gasteiger partial charge in [-0.15, -0.1) is 11.3 Å². The third-order valence-corrected chi connectivity index (χ3v) is 5.13. The van der Waals surface area contributed by atoms with Crippen LogP contribution in [0.15, 0.2) is 11.4 Å². The smallest absolute Gasteiger partial charge is 0.104 e. The van der Waals surface area contributed by atoms with Crippen LogP contribution in [-0.2, 0) is 6.54 Å². The van der Waals surface area contributed by atoms with Crippen molar-refractivity contribution in [1.29, 1.82) is 0 Å². The monoisotopic (exact) mass is 305 g/mol. The van der Waals surface area contributed by atoms with Gasteiger partial charge in [-0.1, -0.05) is 38.5 Å². The zero-order valence-corrected chi connectivity index (χ0v) is 14.1. The number of thiophene rings is 1. The Balaban J connectivity index is 2.05. The van der Waals surface area contributed by atoms with Gasteiger partial charge < -0.3 is 5.11 Å². The molecule has 0 radical (unpaired) electrons. The summed E-state index contributed by atoms with van der Waals surface area (Å²) in [6.07, 6.45) is 6.72. The van der Waals surface area contributed by atoms with E-state index >= 15 is 0 Å². The predicted octanol–water partition coefficient (Wildman–Crippen LogP) is 3.88. The van der Waals surface area contributed by atoms with Gasteiger partial charge in [-0.25, -0.2) is 0 Å². The molecular formula is C18H27NOS. The number of nitrogens with zero attached hydrogens (tertiary/aromatic N) is 1. The van der Waals surface area contributed by atoms with Crippen LogP contribution in [0.1, 0.15) is 56.4 Å². The number of rotatable bonds is 6. The summed E-state index contributed by atoms with van der Waals surface area (Å²) in [6, 6.07) is 2.84. The predicted molar refractivity (Wildman–Crippen MR) is 90.4 cm³/mol. The minimum absolute atomic E-state index is 0.0605. The second-order valence-corrected chi connectivity index (χ2v) is 7.31. The van der Waals surface area contributed by atoms with Gasteiger partial charge in [0.15, 0.2) is 0 Å². The molecular weight excluding hydrogens is 278 g/mol. The lowest BCUT2D eigenvalue weighted by Crippen LogP contribution is -2.34. The molecule has 3 heteroatoms. The van der Waals surface area contributed by atoms with Crippen LogP contribution < -0.4 is 0 Å².